The number of fused-ring (bicyclic) bond motifs is 1. The molecule has 6 heteroatoms. The minimum Gasteiger partial charge on any atom is -0.391 e. The molecule has 2 amide bonds. The molecule has 128 valence electrons. The summed E-state index contributed by atoms with van der Waals surface area (Å²) in [6.45, 7) is 2.90. The summed E-state index contributed by atoms with van der Waals surface area (Å²) in [4.78, 5) is 26.3. The van der Waals surface area contributed by atoms with E-state index >= 15 is 0 Å². The van der Waals surface area contributed by atoms with Gasteiger partial charge in [-0.2, -0.15) is 0 Å². The predicted molar refractivity (Wildman–Crippen MR) is 86.6 cm³/mol. The first kappa shape index (κ1) is 15.6. The molecule has 1 atom stereocenters. The zero-order chi connectivity index (χ0) is 16.7. The topological polar surface area (TPSA) is 78.9 Å². The fourth-order valence-electron chi connectivity index (χ4n) is 4.22. The lowest BCUT2D eigenvalue weighted by atomic mass is 9.73. The van der Waals surface area contributed by atoms with E-state index in [2.05, 4.69) is 5.32 Å². The summed E-state index contributed by atoms with van der Waals surface area (Å²) in [6.07, 6.45) is 2.02. The molecular formula is C18H22N2O4. The van der Waals surface area contributed by atoms with Crippen LogP contribution < -0.4 is 5.32 Å². The lowest BCUT2D eigenvalue weighted by molar-refractivity contribution is -0.0604. The van der Waals surface area contributed by atoms with Crippen molar-refractivity contribution in [1.82, 2.24) is 10.2 Å². The van der Waals surface area contributed by atoms with E-state index in [-0.39, 0.29) is 17.2 Å². The van der Waals surface area contributed by atoms with Crippen molar-refractivity contribution in [3.63, 3.8) is 0 Å². The largest absolute Gasteiger partial charge is 0.391 e. The highest BCUT2D eigenvalue weighted by atomic mass is 16.5. The number of benzene rings is 1. The number of hydrogen-bond donors (Lipinski definition) is 2. The van der Waals surface area contributed by atoms with E-state index in [0.717, 1.165) is 24.8 Å². The molecule has 1 aromatic rings. The molecule has 2 saturated heterocycles. The molecule has 6 nitrogen and oxygen atoms in total. The number of nitrogens with zero attached hydrogens (tertiary/aromatic N) is 1. The number of β-amino-alcohol motifs (C(OH)–C–C–N with tert-alkyl or cyclic N) is 1. The molecule has 24 heavy (non-hydrogen) atoms. The number of carbonyl (C=O) groups is 2. The van der Waals surface area contributed by atoms with Crippen molar-refractivity contribution in [2.24, 2.45) is 5.41 Å². The SMILES string of the molecule is O=C1NCc2cc(C(=O)N3CC(O)CC4(CCOCC4)C3)ccc21. The van der Waals surface area contributed by atoms with Crippen LogP contribution in [0.5, 0.6) is 0 Å². The number of aliphatic hydroxyl groups is 1. The van der Waals surface area contributed by atoms with Crippen LogP contribution >= 0.6 is 0 Å². The van der Waals surface area contributed by atoms with Gasteiger partial charge in [0.25, 0.3) is 11.8 Å². The van der Waals surface area contributed by atoms with E-state index < -0.39 is 6.10 Å². The van der Waals surface area contributed by atoms with Gasteiger partial charge < -0.3 is 20.1 Å². The Labute approximate surface area is 140 Å². The average Bonchev–Trinajstić information content (AvgIpc) is 2.95. The van der Waals surface area contributed by atoms with Gasteiger partial charge in [0.2, 0.25) is 0 Å². The van der Waals surface area contributed by atoms with E-state index in [9.17, 15) is 14.7 Å². The highest BCUT2D eigenvalue weighted by molar-refractivity contribution is 6.01. The third-order valence-corrected chi connectivity index (χ3v) is 5.50. The summed E-state index contributed by atoms with van der Waals surface area (Å²) < 4.78 is 5.45. The van der Waals surface area contributed by atoms with E-state index in [0.29, 0.717) is 44.0 Å². The summed E-state index contributed by atoms with van der Waals surface area (Å²) >= 11 is 0. The van der Waals surface area contributed by atoms with Crippen LogP contribution in [0.15, 0.2) is 18.2 Å². The van der Waals surface area contributed by atoms with Crippen molar-refractivity contribution in [3.8, 4) is 0 Å². The van der Waals surface area contributed by atoms with Crippen LogP contribution in [0.25, 0.3) is 0 Å². The van der Waals surface area contributed by atoms with Crippen molar-refractivity contribution in [1.29, 1.82) is 0 Å². The summed E-state index contributed by atoms with van der Waals surface area (Å²) in [5.74, 6) is -0.152. The van der Waals surface area contributed by atoms with E-state index in [1.807, 2.05) is 0 Å². The quantitative estimate of drug-likeness (QED) is 0.803. The summed E-state index contributed by atoms with van der Waals surface area (Å²) in [6, 6.07) is 5.23. The normalized spacial score (nSPS) is 25.5. The Morgan fingerprint density at radius 2 is 2.12 bits per heavy atom. The van der Waals surface area contributed by atoms with Gasteiger partial charge in [0, 0.05) is 44.0 Å². The molecule has 0 radical (unpaired) electrons. The maximum Gasteiger partial charge on any atom is 0.253 e. The Morgan fingerprint density at radius 1 is 1.33 bits per heavy atom. The van der Waals surface area contributed by atoms with Crippen LogP contribution in [0.3, 0.4) is 0 Å². The van der Waals surface area contributed by atoms with E-state index in [4.69, 9.17) is 4.74 Å². The second-order valence-corrected chi connectivity index (χ2v) is 7.21. The lowest BCUT2D eigenvalue weighted by Crippen LogP contribution is -2.53. The molecule has 0 bridgehead atoms. The average molecular weight is 330 g/mol. The number of aliphatic hydroxyl groups excluding tert-OH is 1. The Kier molecular flexibility index (Phi) is 3.81. The van der Waals surface area contributed by atoms with E-state index in [1.54, 1.807) is 23.1 Å². The number of rotatable bonds is 1. The highest BCUT2D eigenvalue weighted by Crippen LogP contribution is 2.39. The molecule has 2 N–H and O–H groups in total. The van der Waals surface area contributed by atoms with E-state index in [1.165, 1.54) is 0 Å². The Balaban J connectivity index is 1.56. The van der Waals surface area contributed by atoms with Crippen molar-refractivity contribution >= 4 is 11.8 Å². The van der Waals surface area contributed by atoms with Crippen LogP contribution in [-0.2, 0) is 11.3 Å². The van der Waals surface area contributed by atoms with Crippen LogP contribution in [0, 0.1) is 5.41 Å². The van der Waals surface area contributed by atoms with Gasteiger partial charge in [-0.3, -0.25) is 9.59 Å². The van der Waals surface area contributed by atoms with Gasteiger partial charge in [-0.05, 0) is 48.4 Å². The third-order valence-electron chi connectivity index (χ3n) is 5.50. The molecule has 1 aromatic carbocycles. The Morgan fingerprint density at radius 3 is 2.92 bits per heavy atom. The highest BCUT2D eigenvalue weighted by Gasteiger charge is 2.42. The Hall–Kier alpha value is -1.92. The third kappa shape index (κ3) is 2.70. The molecule has 0 saturated carbocycles. The number of amides is 2. The first-order valence-electron chi connectivity index (χ1n) is 8.53. The number of likely N-dealkylation sites (tertiary alicyclic amines) is 1. The van der Waals surface area contributed by atoms with Crippen molar-refractivity contribution in [2.75, 3.05) is 26.3 Å². The molecule has 1 unspecified atom stereocenters. The van der Waals surface area contributed by atoms with Crippen LogP contribution in [0.2, 0.25) is 0 Å². The number of ether oxygens (including phenoxy) is 1. The van der Waals surface area contributed by atoms with Crippen LogP contribution in [0.1, 0.15) is 45.5 Å². The smallest absolute Gasteiger partial charge is 0.253 e. The second-order valence-electron chi connectivity index (χ2n) is 7.21. The minimum atomic E-state index is -0.488. The molecular weight excluding hydrogens is 308 g/mol. The zero-order valence-corrected chi connectivity index (χ0v) is 13.6. The van der Waals surface area contributed by atoms with Crippen molar-refractivity contribution < 1.29 is 19.4 Å². The van der Waals surface area contributed by atoms with Crippen molar-refractivity contribution in [3.05, 3.63) is 34.9 Å². The van der Waals surface area contributed by atoms with Gasteiger partial charge >= 0.3 is 0 Å². The van der Waals surface area contributed by atoms with Crippen LogP contribution in [0.4, 0.5) is 0 Å². The molecule has 3 heterocycles. The standard InChI is InChI=1S/C18H22N2O4/c21-14-8-18(3-5-24-6-4-18)11-20(10-14)17(23)12-1-2-15-13(7-12)9-19-16(15)22/h1-2,7,14,21H,3-6,8-11H2,(H,19,22). The maximum atomic E-state index is 12.9. The molecule has 3 aliphatic rings. The van der Waals surface area contributed by atoms with Gasteiger partial charge in [-0.25, -0.2) is 0 Å². The molecule has 3 aliphatic heterocycles. The monoisotopic (exact) mass is 330 g/mol. The zero-order valence-electron chi connectivity index (χ0n) is 13.6. The Bertz CT molecular complexity index is 682. The fourth-order valence-corrected chi connectivity index (χ4v) is 4.22. The molecule has 1 spiro atoms. The van der Waals surface area contributed by atoms with Crippen LogP contribution in [-0.4, -0.2) is 54.2 Å². The molecule has 4 rings (SSSR count). The molecule has 0 aliphatic carbocycles. The second kappa shape index (κ2) is 5.86. The summed E-state index contributed by atoms with van der Waals surface area (Å²) in [7, 11) is 0. The van der Waals surface area contributed by atoms with Gasteiger partial charge in [0.05, 0.1) is 6.10 Å². The van der Waals surface area contributed by atoms with Gasteiger partial charge in [-0.15, -0.1) is 0 Å². The summed E-state index contributed by atoms with van der Waals surface area (Å²) in [5, 5.41) is 13.1. The predicted octanol–water partition coefficient (Wildman–Crippen LogP) is 0.934. The van der Waals surface area contributed by atoms with Crippen molar-refractivity contribution in [2.45, 2.75) is 31.9 Å². The molecule has 0 aromatic heterocycles. The lowest BCUT2D eigenvalue weighted by Gasteiger charge is -2.46. The number of carbonyl (C=O) groups excluding carboxylic acids is 2. The van der Waals surface area contributed by atoms with Gasteiger partial charge in [-0.1, -0.05) is 0 Å². The number of nitrogens with one attached hydrogen (secondary N) is 1. The number of piperidine rings is 1. The first-order valence-corrected chi connectivity index (χ1v) is 8.53. The van der Waals surface area contributed by atoms with Gasteiger partial charge in [0.15, 0.2) is 0 Å². The van der Waals surface area contributed by atoms with Gasteiger partial charge in [0.1, 0.15) is 0 Å². The minimum absolute atomic E-state index is 0.0280. The summed E-state index contributed by atoms with van der Waals surface area (Å²) in [5.41, 5.74) is 2.07. The number of hydrogen-bond acceptors (Lipinski definition) is 4. The maximum absolute atomic E-state index is 12.9. The molecule has 2 fully saturated rings. The fraction of sp³-hybridized carbons (Fsp3) is 0.556. The first-order chi connectivity index (χ1) is 11.6.